The van der Waals surface area contributed by atoms with E-state index in [1.165, 1.54) is 44.1 Å². The number of hydrogen-bond donors (Lipinski definition) is 2. The van der Waals surface area contributed by atoms with Crippen LogP contribution in [0.4, 0.5) is 0 Å². The van der Waals surface area contributed by atoms with Gasteiger partial charge in [0.2, 0.25) is 0 Å². The van der Waals surface area contributed by atoms with E-state index in [4.69, 9.17) is 0 Å². The highest BCUT2D eigenvalue weighted by molar-refractivity contribution is 5.93. The maximum absolute atomic E-state index is 11.8. The molecule has 1 aliphatic heterocycles. The number of carbonyl (C=O) groups is 1. The average Bonchev–Trinajstić information content (AvgIpc) is 3.09. The van der Waals surface area contributed by atoms with Gasteiger partial charge in [0.25, 0.3) is 5.91 Å². The number of carbonyl (C=O) groups excluding carboxylic acids is 1. The number of hydrogen-bond acceptors (Lipinski definition) is 3. The predicted octanol–water partition coefficient (Wildman–Crippen LogP) is 2.33. The Morgan fingerprint density at radius 2 is 1.86 bits per heavy atom. The first-order valence-electron chi connectivity index (χ1n) is 7.88. The van der Waals surface area contributed by atoms with E-state index in [2.05, 4.69) is 44.7 Å². The van der Waals surface area contributed by atoms with Gasteiger partial charge in [-0.1, -0.05) is 30.7 Å². The molecule has 1 fully saturated rings. The first-order chi connectivity index (χ1) is 10.8. The molecule has 2 N–H and O–H groups in total. The fraction of sp³-hybridized carbons (Fsp3) is 0.412. The number of benzene rings is 1. The highest BCUT2D eigenvalue weighted by Crippen LogP contribution is 2.13. The standard InChI is InChI=1S/C17H22N4O/c22-17(16-11-19-20-12-16)18-10-14-4-6-15(7-5-14)13-21-8-2-1-3-9-21/h4-7,11-12H,1-3,8-10,13H2,(H,18,22)(H,19,20). The van der Waals surface area contributed by atoms with E-state index >= 15 is 0 Å². The second-order valence-corrected chi connectivity index (χ2v) is 5.82. The van der Waals surface area contributed by atoms with Crippen LogP contribution in [0.3, 0.4) is 0 Å². The van der Waals surface area contributed by atoms with Crippen molar-refractivity contribution in [3.05, 3.63) is 53.3 Å². The number of likely N-dealkylation sites (tertiary alicyclic amines) is 1. The minimum Gasteiger partial charge on any atom is -0.348 e. The molecule has 2 heterocycles. The van der Waals surface area contributed by atoms with Gasteiger partial charge in [-0.15, -0.1) is 0 Å². The monoisotopic (exact) mass is 298 g/mol. The molecule has 0 spiro atoms. The van der Waals surface area contributed by atoms with Gasteiger partial charge in [-0.2, -0.15) is 5.10 Å². The zero-order valence-corrected chi connectivity index (χ0v) is 12.7. The molecular weight excluding hydrogens is 276 g/mol. The second-order valence-electron chi connectivity index (χ2n) is 5.82. The third kappa shape index (κ3) is 3.95. The van der Waals surface area contributed by atoms with E-state index in [-0.39, 0.29) is 5.91 Å². The number of nitrogens with zero attached hydrogens (tertiary/aromatic N) is 2. The zero-order valence-electron chi connectivity index (χ0n) is 12.7. The largest absolute Gasteiger partial charge is 0.348 e. The lowest BCUT2D eigenvalue weighted by atomic mass is 10.1. The summed E-state index contributed by atoms with van der Waals surface area (Å²) in [6, 6.07) is 8.51. The summed E-state index contributed by atoms with van der Waals surface area (Å²) in [6.07, 6.45) is 7.12. The lowest BCUT2D eigenvalue weighted by molar-refractivity contribution is 0.0951. The topological polar surface area (TPSA) is 61.0 Å². The van der Waals surface area contributed by atoms with Gasteiger partial charge in [0.15, 0.2) is 0 Å². The summed E-state index contributed by atoms with van der Waals surface area (Å²) < 4.78 is 0. The van der Waals surface area contributed by atoms with Crippen LogP contribution >= 0.6 is 0 Å². The maximum Gasteiger partial charge on any atom is 0.254 e. The molecule has 0 saturated carbocycles. The van der Waals surface area contributed by atoms with E-state index < -0.39 is 0 Å². The quantitative estimate of drug-likeness (QED) is 0.890. The molecular formula is C17H22N4O. The van der Waals surface area contributed by atoms with Crippen molar-refractivity contribution in [2.24, 2.45) is 0 Å². The fourth-order valence-corrected chi connectivity index (χ4v) is 2.80. The average molecular weight is 298 g/mol. The van der Waals surface area contributed by atoms with Crippen LogP contribution in [-0.4, -0.2) is 34.1 Å². The van der Waals surface area contributed by atoms with E-state index in [0.717, 1.165) is 12.1 Å². The molecule has 116 valence electrons. The van der Waals surface area contributed by atoms with Crippen LogP contribution < -0.4 is 5.32 Å². The number of piperidine rings is 1. The Bertz CT molecular complexity index is 586. The van der Waals surface area contributed by atoms with Crippen molar-refractivity contribution in [3.63, 3.8) is 0 Å². The summed E-state index contributed by atoms with van der Waals surface area (Å²) in [6.45, 7) is 3.99. The Labute approximate surface area is 130 Å². The number of aromatic nitrogens is 2. The minimum atomic E-state index is -0.105. The Morgan fingerprint density at radius 1 is 1.14 bits per heavy atom. The van der Waals surface area contributed by atoms with Gasteiger partial charge >= 0.3 is 0 Å². The Hall–Kier alpha value is -2.14. The molecule has 0 radical (unpaired) electrons. The molecule has 1 saturated heterocycles. The van der Waals surface area contributed by atoms with Gasteiger partial charge < -0.3 is 5.32 Å². The summed E-state index contributed by atoms with van der Waals surface area (Å²) >= 11 is 0. The molecule has 3 rings (SSSR count). The summed E-state index contributed by atoms with van der Waals surface area (Å²) in [7, 11) is 0. The van der Waals surface area contributed by atoms with E-state index in [1.807, 2.05) is 0 Å². The Morgan fingerprint density at radius 3 is 2.55 bits per heavy atom. The van der Waals surface area contributed by atoms with Gasteiger partial charge in [-0.3, -0.25) is 14.8 Å². The van der Waals surface area contributed by atoms with Gasteiger partial charge in [0.1, 0.15) is 0 Å². The zero-order chi connectivity index (χ0) is 15.2. The first-order valence-corrected chi connectivity index (χ1v) is 7.88. The molecule has 5 nitrogen and oxygen atoms in total. The summed E-state index contributed by atoms with van der Waals surface area (Å²) in [5, 5.41) is 9.31. The smallest absolute Gasteiger partial charge is 0.254 e. The summed E-state index contributed by atoms with van der Waals surface area (Å²) in [5.74, 6) is -0.105. The van der Waals surface area contributed by atoms with Crippen molar-refractivity contribution in [2.75, 3.05) is 13.1 Å². The second kappa shape index (κ2) is 7.22. The van der Waals surface area contributed by atoms with E-state index in [0.29, 0.717) is 12.1 Å². The van der Waals surface area contributed by atoms with Crippen LogP contribution in [0.5, 0.6) is 0 Å². The van der Waals surface area contributed by atoms with Crippen LogP contribution in [0.25, 0.3) is 0 Å². The van der Waals surface area contributed by atoms with Crippen LogP contribution in [0, 0.1) is 0 Å². The molecule has 1 aliphatic rings. The lowest BCUT2D eigenvalue weighted by Gasteiger charge is -2.26. The summed E-state index contributed by atoms with van der Waals surface area (Å²) in [5.41, 5.74) is 3.01. The van der Waals surface area contributed by atoms with Crippen molar-refractivity contribution in [1.82, 2.24) is 20.4 Å². The lowest BCUT2D eigenvalue weighted by Crippen LogP contribution is -2.29. The number of rotatable bonds is 5. The van der Waals surface area contributed by atoms with Crippen LogP contribution in [-0.2, 0) is 13.1 Å². The molecule has 2 aromatic rings. The van der Waals surface area contributed by atoms with Crippen molar-refractivity contribution < 1.29 is 4.79 Å². The highest BCUT2D eigenvalue weighted by atomic mass is 16.1. The molecule has 22 heavy (non-hydrogen) atoms. The van der Waals surface area contributed by atoms with E-state index in [9.17, 15) is 4.79 Å². The molecule has 0 aliphatic carbocycles. The van der Waals surface area contributed by atoms with Crippen LogP contribution in [0.1, 0.15) is 40.7 Å². The SMILES string of the molecule is O=C(NCc1ccc(CN2CCCCC2)cc1)c1cn[nH]c1. The van der Waals surface area contributed by atoms with Gasteiger partial charge in [-0.05, 0) is 37.1 Å². The Balaban J connectivity index is 1.49. The first kappa shape index (κ1) is 14.8. The summed E-state index contributed by atoms with van der Waals surface area (Å²) in [4.78, 5) is 14.3. The van der Waals surface area contributed by atoms with E-state index in [1.54, 1.807) is 6.20 Å². The minimum absolute atomic E-state index is 0.105. The van der Waals surface area contributed by atoms with Gasteiger partial charge in [0, 0.05) is 19.3 Å². The fourth-order valence-electron chi connectivity index (χ4n) is 2.80. The number of aromatic amines is 1. The van der Waals surface area contributed by atoms with Crippen molar-refractivity contribution >= 4 is 5.91 Å². The normalized spacial score (nSPS) is 15.6. The molecule has 1 aromatic heterocycles. The molecule has 5 heteroatoms. The molecule has 1 aromatic carbocycles. The van der Waals surface area contributed by atoms with Gasteiger partial charge in [0.05, 0.1) is 11.8 Å². The van der Waals surface area contributed by atoms with Crippen molar-refractivity contribution in [2.45, 2.75) is 32.4 Å². The van der Waals surface area contributed by atoms with Crippen LogP contribution in [0.2, 0.25) is 0 Å². The third-order valence-corrected chi connectivity index (χ3v) is 4.09. The number of nitrogens with one attached hydrogen (secondary N) is 2. The molecule has 0 atom stereocenters. The van der Waals surface area contributed by atoms with Crippen LogP contribution in [0.15, 0.2) is 36.7 Å². The van der Waals surface area contributed by atoms with Gasteiger partial charge in [-0.25, -0.2) is 0 Å². The predicted molar refractivity (Wildman–Crippen MR) is 85.3 cm³/mol. The van der Waals surface area contributed by atoms with Crippen molar-refractivity contribution in [1.29, 1.82) is 0 Å². The molecule has 0 unspecified atom stereocenters. The van der Waals surface area contributed by atoms with Crippen molar-refractivity contribution in [3.8, 4) is 0 Å². The highest BCUT2D eigenvalue weighted by Gasteiger charge is 2.10. The maximum atomic E-state index is 11.8. The molecule has 0 bridgehead atoms. The third-order valence-electron chi connectivity index (χ3n) is 4.09. The number of amides is 1. The molecule has 1 amide bonds. The number of H-pyrrole nitrogens is 1. The Kier molecular flexibility index (Phi) is 4.85.